The van der Waals surface area contributed by atoms with Crippen molar-refractivity contribution < 1.29 is 19.5 Å². The minimum absolute atomic E-state index is 0.0649. The van der Waals surface area contributed by atoms with Crippen molar-refractivity contribution in [3.8, 4) is 0 Å². The summed E-state index contributed by atoms with van der Waals surface area (Å²) in [5.74, 6) is -1.43. The van der Waals surface area contributed by atoms with E-state index in [1.165, 1.54) is 0 Å². The summed E-state index contributed by atoms with van der Waals surface area (Å²) in [5.41, 5.74) is 0.932. The van der Waals surface area contributed by atoms with Crippen LogP contribution in [-0.4, -0.2) is 67.1 Å². The zero-order valence-corrected chi connectivity index (χ0v) is 14.1. The minimum atomic E-state index is -0.967. The SMILES string of the molecule is O=C(O)CCNC(=O)c1cccc(NC(=O)CCN2CCNCC2)c1. The Morgan fingerprint density at radius 1 is 1.16 bits per heavy atom. The van der Waals surface area contributed by atoms with Crippen LogP contribution in [0.4, 0.5) is 5.69 Å². The highest BCUT2D eigenvalue weighted by Gasteiger charge is 2.12. The lowest BCUT2D eigenvalue weighted by atomic mass is 10.2. The number of hydrogen-bond acceptors (Lipinski definition) is 5. The number of piperazine rings is 1. The molecule has 0 bridgehead atoms. The van der Waals surface area contributed by atoms with Gasteiger partial charge in [0.2, 0.25) is 5.91 Å². The number of carbonyl (C=O) groups excluding carboxylic acids is 2. The van der Waals surface area contributed by atoms with Gasteiger partial charge < -0.3 is 26.0 Å². The van der Waals surface area contributed by atoms with Crippen LogP contribution in [0, 0.1) is 0 Å². The molecule has 0 atom stereocenters. The average Bonchev–Trinajstić information content (AvgIpc) is 2.61. The van der Waals surface area contributed by atoms with Gasteiger partial charge in [0, 0.05) is 56.9 Å². The van der Waals surface area contributed by atoms with E-state index in [-0.39, 0.29) is 24.8 Å². The number of benzene rings is 1. The summed E-state index contributed by atoms with van der Waals surface area (Å²) in [5, 5.41) is 17.2. The molecule has 1 heterocycles. The van der Waals surface area contributed by atoms with E-state index < -0.39 is 5.97 Å². The fraction of sp³-hybridized carbons (Fsp3) is 0.471. The molecule has 1 saturated heterocycles. The third-order valence-electron chi connectivity index (χ3n) is 3.90. The predicted molar refractivity (Wildman–Crippen MR) is 93.6 cm³/mol. The van der Waals surface area contributed by atoms with Crippen molar-refractivity contribution in [3.63, 3.8) is 0 Å². The fourth-order valence-corrected chi connectivity index (χ4v) is 2.54. The summed E-state index contributed by atoms with van der Waals surface area (Å²) in [7, 11) is 0. The molecule has 1 aliphatic heterocycles. The van der Waals surface area contributed by atoms with E-state index in [9.17, 15) is 14.4 Å². The highest BCUT2D eigenvalue weighted by atomic mass is 16.4. The molecular formula is C17H24N4O4. The Balaban J connectivity index is 1.80. The van der Waals surface area contributed by atoms with E-state index in [1.807, 2.05) is 0 Å². The molecule has 0 unspecified atom stereocenters. The first-order valence-corrected chi connectivity index (χ1v) is 8.37. The molecule has 1 aromatic rings. The first-order valence-electron chi connectivity index (χ1n) is 8.37. The Morgan fingerprint density at radius 3 is 2.64 bits per heavy atom. The van der Waals surface area contributed by atoms with E-state index in [0.29, 0.717) is 24.2 Å². The molecule has 1 fully saturated rings. The number of aliphatic carboxylic acids is 1. The number of nitrogens with one attached hydrogen (secondary N) is 3. The molecule has 0 aliphatic carbocycles. The molecule has 8 heteroatoms. The van der Waals surface area contributed by atoms with Crippen LogP contribution in [0.15, 0.2) is 24.3 Å². The first-order chi connectivity index (χ1) is 12.0. The third kappa shape index (κ3) is 6.90. The molecule has 25 heavy (non-hydrogen) atoms. The Kier molecular flexibility index (Phi) is 7.36. The number of amides is 2. The van der Waals surface area contributed by atoms with Gasteiger partial charge >= 0.3 is 5.97 Å². The lowest BCUT2D eigenvalue weighted by Crippen LogP contribution is -2.44. The lowest BCUT2D eigenvalue weighted by molar-refractivity contribution is -0.136. The molecule has 1 aromatic carbocycles. The smallest absolute Gasteiger partial charge is 0.305 e. The molecular weight excluding hydrogens is 324 g/mol. The zero-order chi connectivity index (χ0) is 18.1. The molecule has 136 valence electrons. The molecule has 2 rings (SSSR count). The first kappa shape index (κ1) is 18.9. The van der Waals surface area contributed by atoms with E-state index in [1.54, 1.807) is 24.3 Å². The van der Waals surface area contributed by atoms with Gasteiger partial charge in [0.1, 0.15) is 0 Å². The second kappa shape index (κ2) is 9.75. The van der Waals surface area contributed by atoms with Crippen LogP contribution in [0.3, 0.4) is 0 Å². The van der Waals surface area contributed by atoms with Crippen molar-refractivity contribution in [3.05, 3.63) is 29.8 Å². The number of nitrogens with zero attached hydrogens (tertiary/aromatic N) is 1. The molecule has 1 aliphatic rings. The fourth-order valence-electron chi connectivity index (χ4n) is 2.54. The van der Waals surface area contributed by atoms with Gasteiger partial charge in [-0.1, -0.05) is 6.07 Å². The number of hydrogen-bond donors (Lipinski definition) is 4. The molecule has 2 amide bonds. The molecule has 0 radical (unpaired) electrons. The van der Waals surface area contributed by atoms with Crippen molar-refractivity contribution >= 4 is 23.5 Å². The van der Waals surface area contributed by atoms with Gasteiger partial charge in [-0.3, -0.25) is 14.4 Å². The summed E-state index contributed by atoms with van der Waals surface area (Å²) in [6, 6.07) is 6.60. The maximum absolute atomic E-state index is 12.1. The normalized spacial score (nSPS) is 14.7. The van der Waals surface area contributed by atoms with Gasteiger partial charge in [0.25, 0.3) is 5.91 Å². The van der Waals surface area contributed by atoms with Gasteiger partial charge in [0.15, 0.2) is 0 Å². The van der Waals surface area contributed by atoms with Crippen molar-refractivity contribution in [2.24, 2.45) is 0 Å². The summed E-state index contributed by atoms with van der Waals surface area (Å²) < 4.78 is 0. The maximum atomic E-state index is 12.1. The largest absolute Gasteiger partial charge is 0.481 e. The Labute approximate surface area is 146 Å². The van der Waals surface area contributed by atoms with Crippen LogP contribution < -0.4 is 16.0 Å². The number of rotatable bonds is 8. The maximum Gasteiger partial charge on any atom is 0.305 e. The second-order valence-electron chi connectivity index (χ2n) is 5.87. The van der Waals surface area contributed by atoms with E-state index in [4.69, 9.17) is 5.11 Å². The van der Waals surface area contributed by atoms with Crippen LogP contribution in [0.2, 0.25) is 0 Å². The Hall–Kier alpha value is -2.45. The van der Waals surface area contributed by atoms with Gasteiger partial charge in [-0.05, 0) is 18.2 Å². The van der Waals surface area contributed by atoms with Crippen LogP contribution in [0.5, 0.6) is 0 Å². The average molecular weight is 348 g/mol. The zero-order valence-electron chi connectivity index (χ0n) is 14.1. The quantitative estimate of drug-likeness (QED) is 0.531. The highest BCUT2D eigenvalue weighted by Crippen LogP contribution is 2.11. The third-order valence-corrected chi connectivity index (χ3v) is 3.90. The van der Waals surface area contributed by atoms with Gasteiger partial charge in [-0.2, -0.15) is 0 Å². The van der Waals surface area contributed by atoms with Gasteiger partial charge in [-0.25, -0.2) is 0 Å². The highest BCUT2D eigenvalue weighted by molar-refractivity contribution is 5.97. The van der Waals surface area contributed by atoms with Crippen molar-refractivity contribution in [1.82, 2.24) is 15.5 Å². The molecule has 8 nitrogen and oxygen atoms in total. The Morgan fingerprint density at radius 2 is 1.92 bits per heavy atom. The van der Waals surface area contributed by atoms with Gasteiger partial charge in [-0.15, -0.1) is 0 Å². The molecule has 0 spiro atoms. The predicted octanol–water partition coefficient (Wildman–Crippen LogP) is 0.125. The van der Waals surface area contributed by atoms with E-state index in [0.717, 1.165) is 26.2 Å². The van der Waals surface area contributed by atoms with Crippen LogP contribution in [0.25, 0.3) is 0 Å². The molecule has 4 N–H and O–H groups in total. The molecule has 0 aromatic heterocycles. The number of carboxylic acids is 1. The van der Waals surface area contributed by atoms with E-state index in [2.05, 4.69) is 20.9 Å². The minimum Gasteiger partial charge on any atom is -0.481 e. The van der Waals surface area contributed by atoms with Crippen LogP contribution >= 0.6 is 0 Å². The number of carboxylic acid groups (broad SMARTS) is 1. The second-order valence-corrected chi connectivity index (χ2v) is 5.87. The lowest BCUT2D eigenvalue weighted by Gasteiger charge is -2.26. The summed E-state index contributed by atoms with van der Waals surface area (Å²) in [4.78, 5) is 36.7. The summed E-state index contributed by atoms with van der Waals surface area (Å²) in [6.07, 6.45) is 0.267. The topological polar surface area (TPSA) is 111 Å². The van der Waals surface area contributed by atoms with Crippen LogP contribution in [0.1, 0.15) is 23.2 Å². The number of carbonyl (C=O) groups is 3. The van der Waals surface area contributed by atoms with Crippen molar-refractivity contribution in [2.75, 3.05) is 44.6 Å². The van der Waals surface area contributed by atoms with E-state index >= 15 is 0 Å². The van der Waals surface area contributed by atoms with Crippen molar-refractivity contribution in [2.45, 2.75) is 12.8 Å². The molecule has 0 saturated carbocycles. The van der Waals surface area contributed by atoms with Crippen molar-refractivity contribution in [1.29, 1.82) is 0 Å². The Bertz CT molecular complexity index is 614. The van der Waals surface area contributed by atoms with Crippen LogP contribution in [-0.2, 0) is 9.59 Å². The standard InChI is InChI=1S/C17H24N4O4/c22-15(5-9-21-10-7-18-8-11-21)20-14-3-1-2-13(12-14)17(25)19-6-4-16(23)24/h1-3,12,18H,4-11H2,(H,19,25)(H,20,22)(H,23,24). The monoisotopic (exact) mass is 348 g/mol. The summed E-state index contributed by atoms with van der Waals surface area (Å²) >= 11 is 0. The number of anilines is 1. The summed E-state index contributed by atoms with van der Waals surface area (Å²) in [6.45, 7) is 4.55. The van der Waals surface area contributed by atoms with Gasteiger partial charge in [0.05, 0.1) is 6.42 Å².